The third kappa shape index (κ3) is 2.69. The van der Waals surface area contributed by atoms with Crippen LogP contribution in [0.15, 0.2) is 0 Å². The second kappa shape index (κ2) is 6.05. The summed E-state index contributed by atoms with van der Waals surface area (Å²) in [5.41, 5.74) is 1.35. The van der Waals surface area contributed by atoms with Crippen molar-refractivity contribution < 1.29 is 22.7 Å². The predicted molar refractivity (Wildman–Crippen MR) is 100.0 cm³/mol. The minimum Gasteiger partial charge on any atom is -0.461 e. The number of amides is 1. The molecule has 152 valence electrons. The van der Waals surface area contributed by atoms with E-state index >= 15 is 0 Å². The van der Waals surface area contributed by atoms with Gasteiger partial charge < -0.3 is 9.64 Å². The van der Waals surface area contributed by atoms with E-state index in [1.165, 1.54) is 0 Å². The van der Waals surface area contributed by atoms with Gasteiger partial charge in [0.25, 0.3) is 5.91 Å². The molecule has 9 heteroatoms. The summed E-state index contributed by atoms with van der Waals surface area (Å²) >= 11 is 0. The monoisotopic (exact) mass is 407 g/mol. The summed E-state index contributed by atoms with van der Waals surface area (Å²) in [7, 11) is -3.17. The Balaban J connectivity index is 1.45. The van der Waals surface area contributed by atoms with Gasteiger partial charge in [-0.05, 0) is 51.9 Å². The molecule has 3 aliphatic carbocycles. The molecular weight excluding hydrogens is 382 g/mol. The van der Waals surface area contributed by atoms with Crippen molar-refractivity contribution in [1.82, 2.24) is 14.7 Å². The summed E-state index contributed by atoms with van der Waals surface area (Å²) in [6.07, 6.45) is 5.14. The molecule has 1 aromatic heterocycles. The summed E-state index contributed by atoms with van der Waals surface area (Å²) in [6.45, 7) is 2.67. The highest BCUT2D eigenvalue weighted by Gasteiger charge is 2.60. The Kier molecular flexibility index (Phi) is 3.92. The second-order valence-electron chi connectivity index (χ2n) is 8.48. The van der Waals surface area contributed by atoms with Crippen molar-refractivity contribution in [1.29, 1.82) is 0 Å². The Bertz CT molecular complexity index is 954. The van der Waals surface area contributed by atoms with Crippen LogP contribution in [0.1, 0.15) is 78.0 Å². The van der Waals surface area contributed by atoms with E-state index in [2.05, 4.69) is 5.10 Å². The molecule has 3 saturated carbocycles. The van der Waals surface area contributed by atoms with Gasteiger partial charge in [0.05, 0.1) is 22.6 Å². The molecule has 0 radical (unpaired) electrons. The number of hydrogen-bond acceptors (Lipinski definition) is 6. The van der Waals surface area contributed by atoms with Gasteiger partial charge in [-0.3, -0.25) is 9.48 Å². The standard InChI is InChI=1S/C19H25N3O5S/c1-2-27-18(24)15-14-7-10-21(17(23)16(14)22(20-15)12-3-4-12)11-19(8-9-19)28(25,26)13-5-6-13/h12-13H,2-11H2,1H3. The summed E-state index contributed by atoms with van der Waals surface area (Å²) in [5.74, 6) is -0.692. The van der Waals surface area contributed by atoms with Crippen LogP contribution < -0.4 is 0 Å². The van der Waals surface area contributed by atoms with Crippen molar-refractivity contribution in [2.75, 3.05) is 19.7 Å². The van der Waals surface area contributed by atoms with E-state index in [4.69, 9.17) is 4.74 Å². The summed E-state index contributed by atoms with van der Waals surface area (Å²) in [4.78, 5) is 27.3. The molecule has 0 unspecified atom stereocenters. The molecule has 8 nitrogen and oxygen atoms in total. The molecular formula is C19H25N3O5S. The quantitative estimate of drug-likeness (QED) is 0.635. The molecule has 1 aliphatic heterocycles. The van der Waals surface area contributed by atoms with Crippen LogP contribution in [0.2, 0.25) is 0 Å². The minimum atomic E-state index is -3.17. The molecule has 1 aromatic rings. The van der Waals surface area contributed by atoms with E-state index in [-0.39, 0.29) is 36.0 Å². The molecule has 0 bridgehead atoms. The number of aromatic nitrogens is 2. The predicted octanol–water partition coefficient (Wildman–Crippen LogP) is 1.50. The van der Waals surface area contributed by atoms with Crippen molar-refractivity contribution in [3.05, 3.63) is 17.0 Å². The fraction of sp³-hybridized carbons (Fsp3) is 0.737. The Morgan fingerprint density at radius 2 is 1.96 bits per heavy atom. The van der Waals surface area contributed by atoms with Gasteiger partial charge in [0.2, 0.25) is 0 Å². The number of ether oxygens (including phenoxy) is 1. The van der Waals surface area contributed by atoms with Gasteiger partial charge in [-0.2, -0.15) is 5.10 Å². The number of carbonyl (C=O) groups is 2. The van der Waals surface area contributed by atoms with Gasteiger partial charge in [0.15, 0.2) is 15.5 Å². The summed E-state index contributed by atoms with van der Waals surface area (Å²) < 4.78 is 31.7. The summed E-state index contributed by atoms with van der Waals surface area (Å²) in [5, 5.41) is 4.22. The zero-order valence-corrected chi connectivity index (χ0v) is 16.8. The molecule has 2 heterocycles. The zero-order valence-electron chi connectivity index (χ0n) is 16.0. The van der Waals surface area contributed by atoms with E-state index in [0.717, 1.165) is 25.7 Å². The topological polar surface area (TPSA) is 98.6 Å². The SMILES string of the molecule is CCOC(=O)c1nn(C2CC2)c2c1CCN(CC1(S(=O)(=O)C3CC3)CC1)C2=O. The third-order valence-corrected chi connectivity index (χ3v) is 9.44. The van der Waals surface area contributed by atoms with E-state index in [1.54, 1.807) is 16.5 Å². The normalized spacial score (nSPS) is 23.5. The first-order valence-electron chi connectivity index (χ1n) is 10.2. The lowest BCUT2D eigenvalue weighted by atomic mass is 10.0. The van der Waals surface area contributed by atoms with Crippen LogP contribution in [0.4, 0.5) is 0 Å². The maximum absolute atomic E-state index is 13.3. The zero-order chi connectivity index (χ0) is 19.7. The highest BCUT2D eigenvalue weighted by atomic mass is 32.2. The Labute approximate surface area is 164 Å². The first-order chi connectivity index (χ1) is 13.4. The van der Waals surface area contributed by atoms with Crippen molar-refractivity contribution in [3.63, 3.8) is 0 Å². The van der Waals surface area contributed by atoms with Crippen LogP contribution in [0.25, 0.3) is 0 Å². The molecule has 0 N–H and O–H groups in total. The van der Waals surface area contributed by atoms with Crippen LogP contribution in [0.3, 0.4) is 0 Å². The fourth-order valence-electron chi connectivity index (χ4n) is 4.28. The molecule has 0 atom stereocenters. The molecule has 1 amide bonds. The second-order valence-corrected chi connectivity index (χ2v) is 11.1. The first kappa shape index (κ1) is 18.1. The van der Waals surface area contributed by atoms with Gasteiger partial charge in [-0.1, -0.05) is 0 Å². The van der Waals surface area contributed by atoms with Crippen LogP contribution in [-0.2, 0) is 21.0 Å². The number of fused-ring (bicyclic) bond motifs is 1. The maximum Gasteiger partial charge on any atom is 0.359 e. The molecule has 5 rings (SSSR count). The number of esters is 1. The number of sulfone groups is 1. The minimum absolute atomic E-state index is 0.144. The average molecular weight is 407 g/mol. The van der Waals surface area contributed by atoms with Crippen LogP contribution >= 0.6 is 0 Å². The third-order valence-electron chi connectivity index (χ3n) is 6.35. The summed E-state index contributed by atoms with van der Waals surface area (Å²) in [6, 6.07) is 0.144. The van der Waals surface area contributed by atoms with Gasteiger partial charge in [0, 0.05) is 18.7 Å². The molecule has 0 saturated heterocycles. The molecule has 0 aromatic carbocycles. The number of hydrogen-bond donors (Lipinski definition) is 0. The fourth-order valence-corrected chi connectivity index (χ4v) is 6.75. The Hall–Kier alpha value is -1.90. The molecule has 0 spiro atoms. The van der Waals surface area contributed by atoms with Crippen LogP contribution in [0.5, 0.6) is 0 Å². The maximum atomic E-state index is 13.3. The van der Waals surface area contributed by atoms with Crippen molar-refractivity contribution in [2.24, 2.45) is 0 Å². The van der Waals surface area contributed by atoms with E-state index < -0.39 is 20.6 Å². The number of nitrogens with zero attached hydrogens (tertiary/aromatic N) is 3. The lowest BCUT2D eigenvalue weighted by Gasteiger charge is -2.31. The molecule has 3 fully saturated rings. The van der Waals surface area contributed by atoms with Crippen molar-refractivity contribution >= 4 is 21.7 Å². The van der Waals surface area contributed by atoms with Crippen molar-refractivity contribution in [2.45, 2.75) is 67.9 Å². The van der Waals surface area contributed by atoms with Crippen LogP contribution in [0, 0.1) is 0 Å². The lowest BCUT2D eigenvalue weighted by Crippen LogP contribution is -2.46. The first-order valence-corrected chi connectivity index (χ1v) is 11.7. The van der Waals surface area contributed by atoms with Gasteiger partial charge in [0.1, 0.15) is 5.69 Å². The van der Waals surface area contributed by atoms with Gasteiger partial charge >= 0.3 is 5.97 Å². The van der Waals surface area contributed by atoms with E-state index in [1.807, 2.05) is 0 Å². The lowest BCUT2D eigenvalue weighted by molar-refractivity contribution is 0.0517. The van der Waals surface area contributed by atoms with E-state index in [9.17, 15) is 18.0 Å². The molecule has 28 heavy (non-hydrogen) atoms. The number of carbonyl (C=O) groups excluding carboxylic acids is 2. The Morgan fingerprint density at radius 3 is 2.54 bits per heavy atom. The largest absolute Gasteiger partial charge is 0.461 e. The smallest absolute Gasteiger partial charge is 0.359 e. The number of rotatable bonds is 7. The highest BCUT2D eigenvalue weighted by molar-refractivity contribution is 7.94. The van der Waals surface area contributed by atoms with Crippen molar-refractivity contribution in [3.8, 4) is 0 Å². The average Bonchev–Trinajstić information content (AvgIpc) is 3.52. The molecule has 4 aliphatic rings. The van der Waals surface area contributed by atoms with Gasteiger partial charge in [-0.15, -0.1) is 0 Å². The highest BCUT2D eigenvalue weighted by Crippen LogP contribution is 2.51. The van der Waals surface area contributed by atoms with Gasteiger partial charge in [-0.25, -0.2) is 13.2 Å². The van der Waals surface area contributed by atoms with Crippen LogP contribution in [-0.4, -0.2) is 64.7 Å². The van der Waals surface area contributed by atoms with E-state index in [0.29, 0.717) is 37.1 Å². The Morgan fingerprint density at radius 1 is 1.25 bits per heavy atom.